The lowest BCUT2D eigenvalue weighted by Crippen LogP contribution is -2.37. The van der Waals surface area contributed by atoms with Crippen LogP contribution in [0.5, 0.6) is 0 Å². The molecule has 2 bridgehead atoms. The van der Waals surface area contributed by atoms with Crippen LogP contribution in [0.2, 0.25) is 0 Å². The number of hydrogen-bond acceptors (Lipinski definition) is 10. The monoisotopic (exact) mass is 855 g/mol. The Balaban J connectivity index is 1.73. The second kappa shape index (κ2) is 31.7. The molecule has 1 heterocycles. The number of allylic oxidation sites excluding steroid dienone is 5. The van der Waals surface area contributed by atoms with Crippen LogP contribution in [-0.2, 0) is 42.5 Å². The van der Waals surface area contributed by atoms with Crippen molar-refractivity contribution in [2.45, 2.75) is 173 Å². The van der Waals surface area contributed by atoms with Crippen LogP contribution >= 0.6 is 7.82 Å². The second-order valence-corrected chi connectivity index (χ2v) is 18.6. The lowest BCUT2D eigenvalue weighted by Gasteiger charge is -2.27. The van der Waals surface area contributed by atoms with Crippen molar-refractivity contribution in [3.8, 4) is 0 Å². The molecule has 0 radical (unpaired) electrons. The molecule has 0 amide bonds. The Morgan fingerprint density at radius 2 is 1.39 bits per heavy atom. The van der Waals surface area contributed by atoms with Gasteiger partial charge in [0.05, 0.1) is 40.0 Å². The Kier molecular flexibility index (Phi) is 28.4. The first-order valence-corrected chi connectivity index (χ1v) is 24.2. The fourth-order valence-corrected chi connectivity index (χ4v) is 7.84. The molecule has 2 rings (SSSR count). The lowest BCUT2D eigenvalue weighted by atomic mass is 9.89. The third-order valence-corrected chi connectivity index (χ3v) is 11.6. The van der Waals surface area contributed by atoms with Gasteiger partial charge in [-0.3, -0.25) is 18.6 Å². The van der Waals surface area contributed by atoms with Gasteiger partial charge in [-0.1, -0.05) is 114 Å². The highest BCUT2D eigenvalue weighted by atomic mass is 31.2. The van der Waals surface area contributed by atoms with Gasteiger partial charge in [-0.05, 0) is 64.2 Å². The van der Waals surface area contributed by atoms with Crippen molar-refractivity contribution in [3.05, 3.63) is 48.6 Å². The summed E-state index contributed by atoms with van der Waals surface area (Å²) in [6.45, 7) is 4.05. The van der Waals surface area contributed by atoms with E-state index in [1.54, 1.807) is 0 Å². The summed E-state index contributed by atoms with van der Waals surface area (Å²) in [6.07, 6.45) is 34.9. The van der Waals surface area contributed by atoms with Crippen molar-refractivity contribution < 1.29 is 56.9 Å². The highest BCUT2D eigenvalue weighted by molar-refractivity contribution is 7.47. The van der Waals surface area contributed by atoms with E-state index in [0.29, 0.717) is 36.7 Å². The van der Waals surface area contributed by atoms with Gasteiger partial charge in [0, 0.05) is 31.1 Å². The molecular formula is C46H81NO11P+. The molecule has 0 aromatic carbocycles. The molecule has 1 saturated heterocycles. The molecule has 0 aromatic rings. The molecule has 1 aliphatic heterocycles. The van der Waals surface area contributed by atoms with Crippen molar-refractivity contribution in [2.24, 2.45) is 11.8 Å². The number of carbonyl (C=O) groups excluding carboxylic acids is 2. The average Bonchev–Trinajstić information content (AvgIpc) is 3.79. The average molecular weight is 855 g/mol. The summed E-state index contributed by atoms with van der Waals surface area (Å²) in [5, 5.41) is 10.3. The maximum atomic E-state index is 12.8. The number of aliphatic hydroxyl groups is 1. The zero-order chi connectivity index (χ0) is 43.2. The number of quaternary nitrogens is 1. The third-order valence-electron chi connectivity index (χ3n) is 10.6. The quantitative estimate of drug-likeness (QED) is 0.0155. The van der Waals surface area contributed by atoms with E-state index in [0.717, 1.165) is 51.4 Å². The van der Waals surface area contributed by atoms with Crippen LogP contribution < -0.4 is 0 Å². The summed E-state index contributed by atoms with van der Waals surface area (Å²) in [5.41, 5.74) is 0. The number of aliphatic hydroxyl groups excluding tert-OH is 1. The van der Waals surface area contributed by atoms with Crippen LogP contribution in [-0.4, -0.2) is 98.3 Å². The number of ether oxygens (including phenoxy) is 2. The van der Waals surface area contributed by atoms with Gasteiger partial charge in [0.15, 0.2) is 6.10 Å². The number of nitrogens with zero attached hydrogens (tertiary/aromatic N) is 1. The first kappa shape index (κ1) is 53.0. The smallest absolute Gasteiger partial charge is 0.462 e. The van der Waals surface area contributed by atoms with Gasteiger partial charge < -0.3 is 24.0 Å². The summed E-state index contributed by atoms with van der Waals surface area (Å²) in [6, 6.07) is 0. The summed E-state index contributed by atoms with van der Waals surface area (Å²) in [7, 11) is 1.37. The predicted molar refractivity (Wildman–Crippen MR) is 233 cm³/mol. The fourth-order valence-electron chi connectivity index (χ4n) is 7.09. The SMILES string of the molecule is CC/C=C\CC(O)/C=C/C1C2CC(OO2)C1C/C=C\CCCC(=O)OC(COC(=O)CCCCCCC/C=C\CCCCCCCC)COP(=O)(O)OCC[N+](C)(C)C. The van der Waals surface area contributed by atoms with E-state index in [-0.39, 0.29) is 50.1 Å². The third kappa shape index (κ3) is 26.7. The number of phosphoric acid groups is 1. The van der Waals surface area contributed by atoms with Gasteiger partial charge in [-0.15, -0.1) is 0 Å². The zero-order valence-corrected chi connectivity index (χ0v) is 38.1. The minimum absolute atomic E-state index is 0.000397. The van der Waals surface area contributed by atoms with Gasteiger partial charge in [-0.25, -0.2) is 14.3 Å². The topological polar surface area (TPSA) is 147 Å². The Bertz CT molecular complexity index is 1300. The first-order valence-electron chi connectivity index (χ1n) is 22.7. The van der Waals surface area contributed by atoms with E-state index in [4.69, 9.17) is 28.3 Å². The van der Waals surface area contributed by atoms with E-state index in [2.05, 4.69) is 38.2 Å². The molecule has 2 fully saturated rings. The highest BCUT2D eigenvalue weighted by Gasteiger charge is 2.49. The minimum atomic E-state index is -4.43. The minimum Gasteiger partial charge on any atom is -0.462 e. The Labute approximate surface area is 356 Å². The number of phosphoric ester groups is 1. The summed E-state index contributed by atoms with van der Waals surface area (Å²) in [5.74, 6) is -0.532. The number of fused-ring (bicyclic) bond motifs is 2. The molecule has 2 N–H and O–H groups in total. The molecule has 13 heteroatoms. The van der Waals surface area contributed by atoms with Crippen molar-refractivity contribution >= 4 is 19.8 Å². The van der Waals surface area contributed by atoms with Crippen LogP contribution in [0.3, 0.4) is 0 Å². The van der Waals surface area contributed by atoms with Crippen LogP contribution in [0, 0.1) is 11.8 Å². The number of unbranched alkanes of at least 4 members (excludes halogenated alkanes) is 12. The van der Waals surface area contributed by atoms with Crippen LogP contribution in [0.25, 0.3) is 0 Å². The van der Waals surface area contributed by atoms with Gasteiger partial charge in [0.2, 0.25) is 0 Å². The summed E-state index contributed by atoms with van der Waals surface area (Å²) >= 11 is 0. The van der Waals surface area contributed by atoms with Crippen molar-refractivity contribution in [1.82, 2.24) is 0 Å². The molecule has 12 nitrogen and oxygen atoms in total. The molecule has 0 aromatic heterocycles. The molecule has 7 unspecified atom stereocenters. The molecule has 7 atom stereocenters. The molecule has 2 aliphatic rings. The molecule has 340 valence electrons. The highest BCUT2D eigenvalue weighted by Crippen LogP contribution is 2.45. The molecule has 0 spiro atoms. The van der Waals surface area contributed by atoms with E-state index in [9.17, 15) is 24.2 Å². The van der Waals surface area contributed by atoms with Crippen molar-refractivity contribution in [2.75, 3.05) is 47.5 Å². The largest absolute Gasteiger partial charge is 0.472 e. The predicted octanol–water partition coefficient (Wildman–Crippen LogP) is 10.0. The van der Waals surface area contributed by atoms with E-state index in [1.165, 1.54) is 44.9 Å². The first-order chi connectivity index (χ1) is 28.3. The Hall–Kier alpha value is -2.15. The van der Waals surface area contributed by atoms with Crippen LogP contribution in [0.4, 0.5) is 0 Å². The van der Waals surface area contributed by atoms with E-state index < -0.39 is 38.6 Å². The Morgan fingerprint density at radius 1 is 0.763 bits per heavy atom. The fraction of sp³-hybridized carbons (Fsp3) is 0.783. The zero-order valence-electron chi connectivity index (χ0n) is 37.2. The van der Waals surface area contributed by atoms with Gasteiger partial charge in [0.25, 0.3) is 0 Å². The van der Waals surface area contributed by atoms with E-state index in [1.807, 2.05) is 45.4 Å². The van der Waals surface area contributed by atoms with Crippen LogP contribution in [0.15, 0.2) is 48.6 Å². The van der Waals surface area contributed by atoms with Gasteiger partial charge >= 0.3 is 19.8 Å². The van der Waals surface area contributed by atoms with Gasteiger partial charge in [-0.2, -0.15) is 0 Å². The normalized spacial score (nSPS) is 21.6. The number of rotatable bonds is 36. The van der Waals surface area contributed by atoms with Gasteiger partial charge in [0.1, 0.15) is 25.9 Å². The Morgan fingerprint density at radius 3 is 2.08 bits per heavy atom. The number of likely N-dealkylation sites (N-methyl/N-ethyl adjacent to an activating group) is 1. The number of hydrogen-bond donors (Lipinski definition) is 2. The standard InChI is InChI=1S/C46H80NO11P/c1-6-8-10-11-12-13-14-15-16-17-18-19-20-21-26-30-45(49)53-37-40(38-55-59(51,52)54-35-34-47(3,4)5)56-46(50)31-27-23-22-25-29-41-42(44-36-43(41)57-58-44)33-32-39(48)28-24-9-7-2/h9,15-16,22,24-25,32-33,39-44,48H,6-8,10-14,17-21,23,26-31,34-38H2,1-5H3/p+1/b16-15-,24-9-,25-22-,33-32+. The molecule has 1 aliphatic carbocycles. The maximum absolute atomic E-state index is 12.8. The summed E-state index contributed by atoms with van der Waals surface area (Å²) in [4.78, 5) is 46.6. The maximum Gasteiger partial charge on any atom is 0.472 e. The second-order valence-electron chi connectivity index (χ2n) is 17.2. The molecule has 59 heavy (non-hydrogen) atoms. The molecular weight excluding hydrogens is 773 g/mol. The number of carbonyl (C=O) groups is 2. The van der Waals surface area contributed by atoms with Crippen molar-refractivity contribution in [1.29, 1.82) is 0 Å². The number of esters is 2. The van der Waals surface area contributed by atoms with Crippen LogP contribution in [0.1, 0.15) is 149 Å². The van der Waals surface area contributed by atoms with E-state index >= 15 is 0 Å². The molecule has 1 saturated carbocycles. The lowest BCUT2D eigenvalue weighted by molar-refractivity contribution is -0.870. The summed E-state index contributed by atoms with van der Waals surface area (Å²) < 4.78 is 34.4. The van der Waals surface area contributed by atoms with Crippen molar-refractivity contribution in [3.63, 3.8) is 0 Å².